The van der Waals surface area contributed by atoms with Gasteiger partial charge in [0.25, 0.3) is 0 Å². The number of amides is 3. The highest BCUT2D eigenvalue weighted by molar-refractivity contribution is 6.06. The van der Waals surface area contributed by atoms with Crippen LogP contribution in [0.3, 0.4) is 0 Å². The fraction of sp³-hybridized carbons (Fsp3) is 0.487. The molecule has 1 aliphatic heterocycles. The number of allylic oxidation sites excluding steroid dienone is 2. The highest BCUT2D eigenvalue weighted by Crippen LogP contribution is 2.59. The van der Waals surface area contributed by atoms with Gasteiger partial charge in [0.2, 0.25) is 17.7 Å². The van der Waals surface area contributed by atoms with Gasteiger partial charge in [-0.1, -0.05) is 38.1 Å². The van der Waals surface area contributed by atoms with Crippen molar-refractivity contribution in [2.75, 3.05) is 11.9 Å². The van der Waals surface area contributed by atoms with Crippen LogP contribution in [0.1, 0.15) is 92.2 Å². The molecule has 1 saturated heterocycles. The number of unbranched alkanes of at least 4 members (excludes halogenated alkanes) is 1. The van der Waals surface area contributed by atoms with Crippen LogP contribution in [0.4, 0.5) is 19.0 Å². The average Bonchev–Trinajstić information content (AvgIpc) is 3.48. The molecule has 2 aliphatic rings. The standard InChI is InChI=1S/C39H47F3N6O4/c1-7-9-10-12-32(50)43-22-38-19-29(37(52)45-36-24(5)14-16-30(44-36)39(40,41)42)48(31(38)20-38)33(51)21-47-35-27(11-8-2)17-26(15-13-23(3)4)18-28(35)34(46-47)25(6)49/h7-8,14,16-18,23,29,31H,1-2,9-13,15,19-22H2,3-6H3,(H,43,50)(H,44,45,52)/t29-,31+,38-/m0/s1. The van der Waals surface area contributed by atoms with Crippen LogP contribution in [-0.4, -0.2) is 61.8 Å². The number of aryl methyl sites for hydroxylation is 2. The van der Waals surface area contributed by atoms with E-state index >= 15 is 0 Å². The van der Waals surface area contributed by atoms with E-state index in [0.717, 1.165) is 30.0 Å². The van der Waals surface area contributed by atoms with Crippen LogP contribution in [0.25, 0.3) is 10.9 Å². The molecule has 0 unspecified atom stereocenters. The topological polar surface area (TPSA) is 126 Å². The minimum Gasteiger partial charge on any atom is -0.355 e. The summed E-state index contributed by atoms with van der Waals surface area (Å²) in [6, 6.07) is 4.63. The Bertz CT molecular complexity index is 1900. The fourth-order valence-electron chi connectivity index (χ4n) is 7.22. The number of halogens is 3. The molecule has 52 heavy (non-hydrogen) atoms. The van der Waals surface area contributed by atoms with Crippen molar-refractivity contribution >= 4 is 40.2 Å². The summed E-state index contributed by atoms with van der Waals surface area (Å²) >= 11 is 0. The number of pyridine rings is 1. The van der Waals surface area contributed by atoms with Crippen molar-refractivity contribution in [2.24, 2.45) is 11.3 Å². The molecule has 5 rings (SSSR count). The molecule has 1 aromatic carbocycles. The number of likely N-dealkylation sites (tertiary alicyclic amines) is 1. The van der Waals surface area contributed by atoms with Gasteiger partial charge in [-0.3, -0.25) is 23.9 Å². The molecule has 0 spiro atoms. The van der Waals surface area contributed by atoms with Gasteiger partial charge in [-0.2, -0.15) is 18.3 Å². The molecule has 1 aliphatic carbocycles. The third kappa shape index (κ3) is 8.29. The van der Waals surface area contributed by atoms with Crippen LogP contribution in [-0.2, 0) is 39.9 Å². The number of alkyl halides is 3. The number of rotatable bonds is 16. The maximum absolute atomic E-state index is 14.4. The Balaban J connectivity index is 1.47. The Morgan fingerprint density at radius 3 is 2.52 bits per heavy atom. The summed E-state index contributed by atoms with van der Waals surface area (Å²) in [4.78, 5) is 58.9. The highest BCUT2D eigenvalue weighted by atomic mass is 19.4. The maximum atomic E-state index is 14.4. The molecular weight excluding hydrogens is 673 g/mol. The first kappa shape index (κ1) is 38.4. The van der Waals surface area contributed by atoms with E-state index in [2.05, 4.69) is 53.8 Å². The number of piperidine rings is 1. The normalized spacial score (nSPS) is 19.4. The van der Waals surface area contributed by atoms with Crippen LogP contribution in [0.15, 0.2) is 49.6 Å². The first-order chi connectivity index (χ1) is 24.6. The van der Waals surface area contributed by atoms with E-state index in [1.807, 2.05) is 6.07 Å². The zero-order valence-electron chi connectivity index (χ0n) is 30.2. The van der Waals surface area contributed by atoms with Crippen LogP contribution >= 0.6 is 0 Å². The largest absolute Gasteiger partial charge is 0.433 e. The molecule has 2 N–H and O–H groups in total. The van der Waals surface area contributed by atoms with Gasteiger partial charge in [0.1, 0.15) is 29.8 Å². The lowest BCUT2D eigenvalue weighted by Crippen LogP contribution is -2.47. The van der Waals surface area contributed by atoms with E-state index in [1.54, 1.807) is 12.2 Å². The molecule has 3 atom stereocenters. The van der Waals surface area contributed by atoms with Crippen molar-refractivity contribution in [1.29, 1.82) is 0 Å². The molecule has 2 aromatic heterocycles. The summed E-state index contributed by atoms with van der Waals surface area (Å²) in [6.07, 6.45) is 3.36. The molecule has 3 amide bonds. The number of Topliss-reactive ketones (excluding diaryl/α,β-unsaturated/α-hetero) is 1. The summed E-state index contributed by atoms with van der Waals surface area (Å²) in [6.45, 7) is 14.8. The molecule has 278 valence electrons. The number of fused-ring (bicyclic) bond motifs is 2. The number of hydrogen-bond acceptors (Lipinski definition) is 6. The van der Waals surface area contributed by atoms with Gasteiger partial charge in [0.05, 0.1) is 5.52 Å². The van der Waals surface area contributed by atoms with Gasteiger partial charge < -0.3 is 15.5 Å². The predicted octanol–water partition coefficient (Wildman–Crippen LogP) is 6.75. The number of benzene rings is 1. The maximum Gasteiger partial charge on any atom is 0.433 e. The first-order valence-electron chi connectivity index (χ1n) is 17.8. The Morgan fingerprint density at radius 1 is 1.12 bits per heavy atom. The minimum absolute atomic E-state index is 0.154. The van der Waals surface area contributed by atoms with Gasteiger partial charge in [-0.15, -0.1) is 13.2 Å². The van der Waals surface area contributed by atoms with Crippen molar-refractivity contribution in [1.82, 2.24) is 25.0 Å². The summed E-state index contributed by atoms with van der Waals surface area (Å²) < 4.78 is 42.0. The van der Waals surface area contributed by atoms with Gasteiger partial charge >= 0.3 is 6.18 Å². The number of hydrogen-bond donors (Lipinski definition) is 2. The SMILES string of the molecule is C=CCCCC(=O)NC[C@@]12C[C@@H](C(=O)Nc3nc(C(F)(F)F)ccc3C)N(C(=O)Cn3nc(C(C)=O)c4cc(CCC(C)C)cc(CC=C)c43)[C@@H]1C2. The number of nitrogens with zero attached hydrogens (tertiary/aromatic N) is 4. The third-order valence-corrected chi connectivity index (χ3v) is 10.1. The van der Waals surface area contributed by atoms with E-state index in [4.69, 9.17) is 0 Å². The van der Waals surface area contributed by atoms with E-state index in [0.29, 0.717) is 54.5 Å². The Morgan fingerprint density at radius 2 is 1.87 bits per heavy atom. The molecule has 0 bridgehead atoms. The zero-order chi connectivity index (χ0) is 38.0. The summed E-state index contributed by atoms with van der Waals surface area (Å²) in [5, 5.41) is 10.8. The van der Waals surface area contributed by atoms with Gasteiger partial charge in [-0.25, -0.2) is 4.98 Å². The second-order valence-electron chi connectivity index (χ2n) is 14.5. The fourth-order valence-corrected chi connectivity index (χ4v) is 7.22. The Hall–Kier alpha value is -4.81. The van der Waals surface area contributed by atoms with Crippen LogP contribution in [0.5, 0.6) is 0 Å². The Kier molecular flexibility index (Phi) is 11.4. The first-order valence-corrected chi connectivity index (χ1v) is 17.8. The lowest BCUT2D eigenvalue weighted by molar-refractivity contribution is -0.141. The molecule has 2 fully saturated rings. The Labute approximate surface area is 301 Å². The van der Waals surface area contributed by atoms with Crippen molar-refractivity contribution in [2.45, 2.75) is 104 Å². The van der Waals surface area contributed by atoms with Crippen molar-refractivity contribution in [3.63, 3.8) is 0 Å². The number of carbonyl (C=O) groups is 4. The van der Waals surface area contributed by atoms with Crippen molar-refractivity contribution < 1.29 is 32.3 Å². The number of aromatic nitrogens is 3. The number of anilines is 1. The summed E-state index contributed by atoms with van der Waals surface area (Å²) in [5.74, 6) is -1.30. The van der Waals surface area contributed by atoms with Gasteiger partial charge in [0.15, 0.2) is 5.78 Å². The van der Waals surface area contributed by atoms with Crippen LogP contribution in [0, 0.1) is 18.3 Å². The monoisotopic (exact) mass is 720 g/mol. The van der Waals surface area contributed by atoms with E-state index < -0.39 is 41.2 Å². The van der Waals surface area contributed by atoms with E-state index in [1.165, 1.54) is 29.5 Å². The number of carbonyl (C=O) groups excluding carboxylic acids is 4. The molecule has 10 nitrogen and oxygen atoms in total. The highest BCUT2D eigenvalue weighted by Gasteiger charge is 2.67. The number of ketones is 1. The average molecular weight is 721 g/mol. The van der Waals surface area contributed by atoms with E-state index in [9.17, 15) is 32.3 Å². The summed E-state index contributed by atoms with van der Waals surface area (Å²) in [7, 11) is 0. The second kappa shape index (κ2) is 15.4. The van der Waals surface area contributed by atoms with Crippen molar-refractivity contribution in [3.05, 3.63) is 77.7 Å². The minimum atomic E-state index is -4.72. The smallest absolute Gasteiger partial charge is 0.355 e. The van der Waals surface area contributed by atoms with Gasteiger partial charge in [0, 0.05) is 36.7 Å². The molecule has 3 heterocycles. The van der Waals surface area contributed by atoms with Crippen LogP contribution < -0.4 is 10.6 Å². The predicted molar refractivity (Wildman–Crippen MR) is 193 cm³/mol. The lowest BCUT2D eigenvalue weighted by Gasteiger charge is -2.27. The zero-order valence-corrected chi connectivity index (χ0v) is 30.2. The third-order valence-electron chi connectivity index (χ3n) is 10.1. The molecular formula is C39H47F3N6O4. The second-order valence-corrected chi connectivity index (χ2v) is 14.5. The van der Waals surface area contributed by atoms with Crippen LogP contribution in [0.2, 0.25) is 0 Å². The van der Waals surface area contributed by atoms with E-state index in [-0.39, 0.29) is 42.7 Å². The quantitative estimate of drug-likeness (QED) is 0.0959. The summed E-state index contributed by atoms with van der Waals surface area (Å²) in [5.41, 5.74) is 1.37. The lowest BCUT2D eigenvalue weighted by atomic mass is 9.96. The molecule has 13 heteroatoms. The molecule has 1 saturated carbocycles. The molecule has 3 aromatic rings. The van der Waals surface area contributed by atoms with Gasteiger partial charge in [-0.05, 0) is 86.6 Å². The molecule has 0 radical (unpaired) electrons. The van der Waals surface area contributed by atoms with Crippen molar-refractivity contribution in [3.8, 4) is 0 Å². The number of nitrogens with one attached hydrogen (secondary N) is 2.